The fourth-order valence-corrected chi connectivity index (χ4v) is 5.48. The molecule has 0 saturated heterocycles. The Morgan fingerprint density at radius 2 is 1.82 bits per heavy atom. The summed E-state index contributed by atoms with van der Waals surface area (Å²) in [4.78, 5) is 36.1. The Bertz CT molecular complexity index is 1280. The van der Waals surface area contributed by atoms with Gasteiger partial charge in [0.25, 0.3) is 5.91 Å². The first kappa shape index (κ1) is 30.9. The van der Waals surface area contributed by atoms with Crippen LogP contribution in [0.15, 0.2) is 40.9 Å². The molecule has 3 rings (SSSR count). The van der Waals surface area contributed by atoms with Gasteiger partial charge in [0.15, 0.2) is 0 Å². The molecule has 8 nitrogen and oxygen atoms in total. The summed E-state index contributed by atoms with van der Waals surface area (Å²) in [6.45, 7) is 9.13. The highest BCUT2D eigenvalue weighted by molar-refractivity contribution is 7.13. The van der Waals surface area contributed by atoms with Crippen molar-refractivity contribution >= 4 is 40.9 Å². The number of carbonyl (C=O) groups excluding carboxylic acids is 2. The summed E-state index contributed by atoms with van der Waals surface area (Å²) in [6, 6.07) is 12.2. The molecule has 1 aromatic heterocycles. The van der Waals surface area contributed by atoms with Gasteiger partial charge in [-0.25, -0.2) is 9.79 Å². The molecule has 2 N–H and O–H groups in total. The number of thiophene rings is 1. The Balaban J connectivity index is 1.70. The van der Waals surface area contributed by atoms with Gasteiger partial charge in [-0.2, -0.15) is 5.26 Å². The van der Waals surface area contributed by atoms with E-state index in [1.807, 2.05) is 56.0 Å². The molecule has 1 aliphatic rings. The first-order valence-electron chi connectivity index (χ1n) is 13.8. The highest BCUT2D eigenvalue weighted by Crippen LogP contribution is 2.35. The zero-order valence-electron chi connectivity index (χ0n) is 24.3. The summed E-state index contributed by atoms with van der Waals surface area (Å²) in [5.41, 5.74) is 9.14. The van der Waals surface area contributed by atoms with E-state index in [9.17, 15) is 9.59 Å². The number of aliphatic imine (C=N–C) groups is 1. The van der Waals surface area contributed by atoms with Crippen LogP contribution in [0, 0.1) is 11.3 Å². The molecule has 214 valence electrons. The minimum atomic E-state index is -0.542. The molecule has 0 radical (unpaired) electrons. The van der Waals surface area contributed by atoms with Crippen molar-refractivity contribution in [1.82, 2.24) is 9.80 Å². The van der Waals surface area contributed by atoms with Gasteiger partial charge in [-0.1, -0.05) is 31.2 Å². The summed E-state index contributed by atoms with van der Waals surface area (Å²) < 4.78 is 5.44. The lowest BCUT2D eigenvalue weighted by atomic mass is 10.1. The molecule has 0 aliphatic carbocycles. The van der Waals surface area contributed by atoms with Gasteiger partial charge in [0.2, 0.25) is 0 Å². The van der Waals surface area contributed by atoms with Gasteiger partial charge < -0.3 is 20.3 Å². The zero-order valence-corrected chi connectivity index (χ0v) is 25.1. The summed E-state index contributed by atoms with van der Waals surface area (Å²) in [6.07, 6.45) is 6.00. The molecule has 0 atom stereocenters. The number of unbranched alkanes of at least 4 members (excludes halogenated alkanes) is 2. The number of aryl methyl sites for hydroxylation is 1. The van der Waals surface area contributed by atoms with Crippen molar-refractivity contribution in [3.63, 3.8) is 0 Å². The number of amidine groups is 1. The Morgan fingerprint density at radius 1 is 1.15 bits per heavy atom. The first-order chi connectivity index (χ1) is 19.0. The van der Waals surface area contributed by atoms with E-state index in [0.717, 1.165) is 47.4 Å². The van der Waals surface area contributed by atoms with Crippen LogP contribution < -0.4 is 5.73 Å². The van der Waals surface area contributed by atoms with Crippen molar-refractivity contribution in [1.29, 1.82) is 5.26 Å². The molecule has 2 heterocycles. The third-order valence-electron chi connectivity index (χ3n) is 6.27. The number of fused-ring (bicyclic) bond motifs is 1. The summed E-state index contributed by atoms with van der Waals surface area (Å²) in [5, 5.41) is 8.77. The molecule has 2 aromatic rings. The number of carbonyl (C=O) groups is 2. The Labute approximate surface area is 242 Å². The Kier molecular flexibility index (Phi) is 10.9. The minimum absolute atomic E-state index is 0.0365. The van der Waals surface area contributed by atoms with E-state index < -0.39 is 5.60 Å². The standard InChI is InChI=1S/C31H41N5O3S/c1-6-16-36(21-23-13-11-22(12-14-23)20-35(5)30(38)39-31(2,3)4)29(37)24-17-27-26(34-28(33)18-24)19-25(40-27)10-8-7-9-15-32/h11-14,17,19H,6-10,16,18,20-21H2,1-5H3,(H2,33,34). The fraction of sp³-hybridized carbons (Fsp3) is 0.484. The summed E-state index contributed by atoms with van der Waals surface area (Å²) in [5.74, 6) is 0.396. The van der Waals surface area contributed by atoms with Crippen molar-refractivity contribution in [3.8, 4) is 6.07 Å². The van der Waals surface area contributed by atoms with E-state index in [2.05, 4.69) is 24.1 Å². The predicted octanol–water partition coefficient (Wildman–Crippen LogP) is 6.57. The third kappa shape index (κ3) is 9.23. The van der Waals surface area contributed by atoms with Gasteiger partial charge >= 0.3 is 6.09 Å². The average Bonchev–Trinajstić information content (AvgIpc) is 3.18. The monoisotopic (exact) mass is 563 g/mol. The number of nitrogens with zero attached hydrogens (tertiary/aromatic N) is 4. The SMILES string of the molecule is CCCN(Cc1ccc(CN(C)C(=O)OC(C)(C)C)cc1)C(=O)C1=Cc2sc(CCCCC#N)cc2N=C(N)C1. The molecular formula is C31H41N5O3S. The van der Waals surface area contributed by atoms with Crippen molar-refractivity contribution in [2.24, 2.45) is 10.7 Å². The van der Waals surface area contributed by atoms with E-state index in [1.165, 1.54) is 4.88 Å². The minimum Gasteiger partial charge on any atom is -0.444 e. The van der Waals surface area contributed by atoms with Crippen LogP contribution in [0.2, 0.25) is 0 Å². The van der Waals surface area contributed by atoms with Gasteiger partial charge in [-0.3, -0.25) is 4.79 Å². The van der Waals surface area contributed by atoms with E-state index >= 15 is 0 Å². The second-order valence-electron chi connectivity index (χ2n) is 11.2. The highest BCUT2D eigenvalue weighted by Gasteiger charge is 2.23. The summed E-state index contributed by atoms with van der Waals surface area (Å²) >= 11 is 1.64. The highest BCUT2D eigenvalue weighted by atomic mass is 32.1. The average molecular weight is 564 g/mol. The maximum absolute atomic E-state index is 13.7. The van der Waals surface area contributed by atoms with Gasteiger partial charge in [-0.05, 0) is 69.7 Å². The second kappa shape index (κ2) is 14.1. The normalized spacial score (nSPS) is 12.9. The van der Waals surface area contributed by atoms with Crippen LogP contribution in [0.1, 0.15) is 80.7 Å². The fourth-order valence-electron chi connectivity index (χ4n) is 4.37. The topological polar surface area (TPSA) is 112 Å². The van der Waals surface area contributed by atoms with Crippen LogP contribution in [0.5, 0.6) is 0 Å². The lowest BCUT2D eigenvalue weighted by Gasteiger charge is -2.25. The number of rotatable bonds is 11. The molecule has 1 aromatic carbocycles. The first-order valence-corrected chi connectivity index (χ1v) is 14.6. The Morgan fingerprint density at radius 3 is 2.45 bits per heavy atom. The van der Waals surface area contributed by atoms with Crippen molar-refractivity contribution < 1.29 is 14.3 Å². The lowest BCUT2D eigenvalue weighted by Crippen LogP contribution is -2.34. The van der Waals surface area contributed by atoms with Crippen LogP contribution in [0.25, 0.3) is 6.08 Å². The van der Waals surface area contributed by atoms with E-state index in [-0.39, 0.29) is 12.0 Å². The summed E-state index contributed by atoms with van der Waals surface area (Å²) in [7, 11) is 1.72. The number of nitriles is 1. The molecule has 0 unspecified atom stereocenters. The molecular weight excluding hydrogens is 522 g/mol. The molecule has 0 bridgehead atoms. The number of nitrogens with two attached hydrogens (primary N) is 1. The van der Waals surface area contributed by atoms with E-state index in [1.54, 1.807) is 23.3 Å². The zero-order chi connectivity index (χ0) is 29.3. The van der Waals surface area contributed by atoms with Crippen LogP contribution in [0.4, 0.5) is 10.5 Å². The van der Waals surface area contributed by atoms with Crippen LogP contribution in [-0.2, 0) is 29.0 Å². The largest absolute Gasteiger partial charge is 0.444 e. The predicted molar refractivity (Wildman–Crippen MR) is 161 cm³/mol. The third-order valence-corrected chi connectivity index (χ3v) is 7.40. The maximum Gasteiger partial charge on any atom is 0.410 e. The van der Waals surface area contributed by atoms with Crippen molar-refractivity contribution in [2.75, 3.05) is 13.6 Å². The van der Waals surface area contributed by atoms with Crippen molar-refractivity contribution in [3.05, 3.63) is 56.8 Å². The Hall–Kier alpha value is -3.64. The smallest absolute Gasteiger partial charge is 0.410 e. The van der Waals surface area contributed by atoms with Gasteiger partial charge in [0.05, 0.1) is 16.6 Å². The number of benzene rings is 1. The molecule has 0 spiro atoms. The van der Waals surface area contributed by atoms with Crippen molar-refractivity contribution in [2.45, 2.75) is 84.9 Å². The van der Waals surface area contributed by atoms with E-state index in [0.29, 0.717) is 43.9 Å². The van der Waals surface area contributed by atoms with E-state index in [4.69, 9.17) is 15.7 Å². The molecule has 0 saturated carbocycles. The van der Waals surface area contributed by atoms with Crippen LogP contribution >= 0.6 is 11.3 Å². The second-order valence-corrected chi connectivity index (χ2v) is 12.3. The lowest BCUT2D eigenvalue weighted by molar-refractivity contribution is -0.127. The van der Waals surface area contributed by atoms with Gasteiger partial charge in [0, 0.05) is 50.0 Å². The number of hydrogen-bond acceptors (Lipinski definition) is 7. The molecule has 2 amide bonds. The van der Waals surface area contributed by atoms with Gasteiger partial charge in [0.1, 0.15) is 11.4 Å². The quantitative estimate of drug-likeness (QED) is 0.311. The molecule has 40 heavy (non-hydrogen) atoms. The van der Waals surface area contributed by atoms with Crippen LogP contribution in [-0.4, -0.2) is 46.8 Å². The van der Waals surface area contributed by atoms with Gasteiger partial charge in [-0.15, -0.1) is 11.3 Å². The number of ether oxygens (including phenoxy) is 1. The number of hydrogen-bond donors (Lipinski definition) is 1. The molecule has 0 fully saturated rings. The van der Waals surface area contributed by atoms with Crippen LogP contribution in [0.3, 0.4) is 0 Å². The number of amides is 2. The maximum atomic E-state index is 13.7. The molecule has 9 heteroatoms. The molecule has 1 aliphatic heterocycles.